The molecule has 2 heterocycles. The first kappa shape index (κ1) is 14.8. The topological polar surface area (TPSA) is 63.6 Å². The third-order valence-corrected chi connectivity index (χ3v) is 6.98. The second-order valence-electron chi connectivity index (χ2n) is 7.52. The zero-order valence-corrected chi connectivity index (χ0v) is 14.8. The third kappa shape index (κ3) is 2.05. The number of aryl methyl sites for hydroxylation is 2. The van der Waals surface area contributed by atoms with Gasteiger partial charge in [0.2, 0.25) is 0 Å². The molecule has 126 valence electrons. The van der Waals surface area contributed by atoms with Crippen LogP contribution in [-0.4, -0.2) is 19.5 Å². The quantitative estimate of drug-likeness (QED) is 0.670. The molecule has 2 aromatic rings. The van der Waals surface area contributed by atoms with Crippen molar-refractivity contribution in [3.05, 3.63) is 39.3 Å². The van der Waals surface area contributed by atoms with E-state index < -0.39 is 0 Å². The van der Waals surface area contributed by atoms with Crippen molar-refractivity contribution in [1.29, 1.82) is 0 Å². The molecule has 0 aromatic carbocycles. The van der Waals surface area contributed by atoms with E-state index in [1.165, 1.54) is 30.7 Å². The summed E-state index contributed by atoms with van der Waals surface area (Å²) in [6.45, 7) is 3.10. The molecule has 0 aliphatic heterocycles. The highest BCUT2D eigenvalue weighted by atomic mass is 32.2. The Hall–Kier alpha value is -1.56. The van der Waals surface area contributed by atoms with Crippen molar-refractivity contribution < 1.29 is 0 Å². The predicted octanol–water partition coefficient (Wildman–Crippen LogP) is 2.82. The molecule has 2 bridgehead atoms. The highest BCUT2D eigenvalue weighted by Gasteiger charge is 2.59. The molecule has 0 unspecified atom stereocenters. The van der Waals surface area contributed by atoms with Gasteiger partial charge in [0.15, 0.2) is 5.16 Å². The Kier molecular flexibility index (Phi) is 3.21. The van der Waals surface area contributed by atoms with Crippen LogP contribution in [0.15, 0.2) is 16.3 Å². The van der Waals surface area contributed by atoms with Crippen LogP contribution in [0.3, 0.4) is 0 Å². The fourth-order valence-electron chi connectivity index (χ4n) is 4.67. The minimum atomic E-state index is 0.0589. The molecule has 0 saturated heterocycles. The molecule has 4 aliphatic carbocycles. The molecule has 1 N–H and O–H groups in total. The zero-order valence-electron chi connectivity index (χ0n) is 14.0. The maximum Gasteiger partial charge on any atom is 0.254 e. The van der Waals surface area contributed by atoms with Gasteiger partial charge in [-0.05, 0) is 51.4 Å². The number of aromatic amines is 1. The van der Waals surface area contributed by atoms with Gasteiger partial charge in [0.05, 0.1) is 23.4 Å². The average Bonchev–Trinajstić information content (AvgIpc) is 3.09. The molecule has 0 spiro atoms. The van der Waals surface area contributed by atoms with Crippen molar-refractivity contribution in [2.75, 3.05) is 0 Å². The molecule has 5 nitrogen and oxygen atoms in total. The highest BCUT2D eigenvalue weighted by molar-refractivity contribution is 7.98. The van der Waals surface area contributed by atoms with Crippen molar-refractivity contribution in [3.8, 4) is 0 Å². The molecule has 6 rings (SSSR count). The lowest BCUT2D eigenvalue weighted by Gasteiger charge is -2.61. The largest absolute Gasteiger partial charge is 0.334 e. The summed E-state index contributed by atoms with van der Waals surface area (Å²) in [6, 6.07) is 0. The molecule has 3 fully saturated rings. The fourth-order valence-corrected chi connectivity index (χ4v) is 5.58. The Morgan fingerprint density at radius 3 is 2.92 bits per heavy atom. The van der Waals surface area contributed by atoms with Crippen LogP contribution in [0.2, 0.25) is 0 Å². The number of rotatable bonds is 5. The summed E-state index contributed by atoms with van der Waals surface area (Å²) in [4.78, 5) is 24.6. The summed E-state index contributed by atoms with van der Waals surface area (Å²) in [5.74, 6) is 1.78. The number of hydrogen-bond acceptors (Lipinski definition) is 4. The highest BCUT2D eigenvalue weighted by Crippen LogP contribution is 2.65. The van der Waals surface area contributed by atoms with Crippen molar-refractivity contribution in [2.24, 2.45) is 5.92 Å². The van der Waals surface area contributed by atoms with Gasteiger partial charge in [0, 0.05) is 23.3 Å². The van der Waals surface area contributed by atoms with E-state index in [0.29, 0.717) is 5.41 Å². The fraction of sp³-hybridized carbons (Fsp3) is 0.611. The van der Waals surface area contributed by atoms with Gasteiger partial charge in [0.1, 0.15) is 0 Å². The molecule has 0 amide bonds. The Morgan fingerprint density at radius 2 is 2.21 bits per heavy atom. The van der Waals surface area contributed by atoms with E-state index in [1.54, 1.807) is 11.8 Å². The number of thioether (sulfide) groups is 1. The molecule has 4 aliphatic rings. The number of imidazole rings is 1. The monoisotopic (exact) mass is 342 g/mol. The number of H-pyrrole nitrogens is 1. The van der Waals surface area contributed by atoms with Crippen LogP contribution in [0, 0.1) is 5.92 Å². The van der Waals surface area contributed by atoms with Crippen LogP contribution in [0.4, 0.5) is 0 Å². The molecule has 24 heavy (non-hydrogen) atoms. The number of aromatic nitrogens is 4. The van der Waals surface area contributed by atoms with E-state index in [-0.39, 0.29) is 5.56 Å². The van der Waals surface area contributed by atoms with Gasteiger partial charge in [-0.1, -0.05) is 11.8 Å². The van der Waals surface area contributed by atoms with Crippen molar-refractivity contribution in [3.63, 3.8) is 0 Å². The maximum absolute atomic E-state index is 12.2. The molecule has 0 radical (unpaired) electrons. The van der Waals surface area contributed by atoms with E-state index in [4.69, 9.17) is 4.98 Å². The number of nitrogens with zero attached hydrogens (tertiary/aromatic N) is 3. The summed E-state index contributed by atoms with van der Waals surface area (Å²) < 4.78 is 2.26. The van der Waals surface area contributed by atoms with E-state index in [1.807, 2.05) is 6.33 Å². The molecule has 2 aromatic heterocycles. The summed E-state index contributed by atoms with van der Waals surface area (Å²) in [7, 11) is 0. The van der Waals surface area contributed by atoms with Gasteiger partial charge in [-0.3, -0.25) is 4.79 Å². The SMILES string of the molecule is CCn1cnc(C23CC(C2)C3)c1CSc1nc2c(c(=O)[nH]1)CCC2. The summed E-state index contributed by atoms with van der Waals surface area (Å²) in [5, 5.41) is 0.757. The Labute approximate surface area is 145 Å². The molecule has 6 heteroatoms. The Morgan fingerprint density at radius 1 is 1.38 bits per heavy atom. The zero-order chi connectivity index (χ0) is 16.3. The van der Waals surface area contributed by atoms with Gasteiger partial charge in [-0.2, -0.15) is 0 Å². The van der Waals surface area contributed by atoms with E-state index in [2.05, 4.69) is 21.5 Å². The average molecular weight is 342 g/mol. The first-order valence-corrected chi connectivity index (χ1v) is 9.96. The molecule has 0 atom stereocenters. The number of fused-ring (bicyclic) bond motifs is 1. The van der Waals surface area contributed by atoms with Crippen molar-refractivity contribution in [1.82, 2.24) is 19.5 Å². The van der Waals surface area contributed by atoms with Crippen molar-refractivity contribution in [2.45, 2.75) is 68.3 Å². The third-order valence-electron chi connectivity index (χ3n) is 6.09. The van der Waals surface area contributed by atoms with E-state index in [9.17, 15) is 4.79 Å². The second kappa shape index (κ2) is 5.22. The number of hydrogen-bond donors (Lipinski definition) is 1. The van der Waals surface area contributed by atoms with E-state index in [0.717, 1.165) is 53.9 Å². The van der Waals surface area contributed by atoms with Crippen molar-refractivity contribution >= 4 is 11.8 Å². The first-order valence-electron chi connectivity index (χ1n) is 8.98. The van der Waals surface area contributed by atoms with Crippen LogP contribution in [0.5, 0.6) is 0 Å². The lowest BCUT2D eigenvalue weighted by molar-refractivity contribution is -0.0312. The van der Waals surface area contributed by atoms with Gasteiger partial charge >= 0.3 is 0 Å². The Balaban J connectivity index is 1.41. The summed E-state index contributed by atoms with van der Waals surface area (Å²) in [5.41, 5.74) is 4.97. The van der Waals surface area contributed by atoms with Crippen LogP contribution in [0.25, 0.3) is 0 Å². The predicted molar refractivity (Wildman–Crippen MR) is 93.4 cm³/mol. The van der Waals surface area contributed by atoms with Crippen LogP contribution in [0.1, 0.15) is 55.3 Å². The van der Waals surface area contributed by atoms with Crippen LogP contribution < -0.4 is 5.56 Å². The smallest absolute Gasteiger partial charge is 0.254 e. The minimum Gasteiger partial charge on any atom is -0.334 e. The molecular formula is C18H22N4OS. The summed E-state index contributed by atoms with van der Waals surface area (Å²) >= 11 is 1.64. The number of nitrogens with one attached hydrogen (secondary N) is 1. The first-order chi connectivity index (χ1) is 11.7. The van der Waals surface area contributed by atoms with Gasteiger partial charge < -0.3 is 9.55 Å². The van der Waals surface area contributed by atoms with Crippen LogP contribution in [-0.2, 0) is 30.6 Å². The van der Waals surface area contributed by atoms with Gasteiger partial charge in [-0.15, -0.1) is 0 Å². The summed E-state index contributed by atoms with van der Waals surface area (Å²) in [6.07, 6.45) is 8.81. The standard InChI is InChI=1S/C18H22N4OS/c1-2-22-10-19-15(18-6-11(7-18)8-18)14(22)9-24-17-20-13-5-3-4-12(13)16(23)21-17/h10-11H,2-9H2,1H3,(H,20,21,23). The lowest BCUT2D eigenvalue weighted by Crippen LogP contribution is -2.55. The van der Waals surface area contributed by atoms with Gasteiger partial charge in [-0.25, -0.2) is 9.97 Å². The normalized spacial score (nSPS) is 26.8. The molecular weight excluding hydrogens is 320 g/mol. The van der Waals surface area contributed by atoms with E-state index >= 15 is 0 Å². The second-order valence-corrected chi connectivity index (χ2v) is 8.49. The minimum absolute atomic E-state index is 0.0589. The van der Waals surface area contributed by atoms with Crippen LogP contribution >= 0.6 is 11.8 Å². The molecule has 3 saturated carbocycles. The van der Waals surface area contributed by atoms with Gasteiger partial charge in [0.25, 0.3) is 5.56 Å². The Bertz CT molecular complexity index is 851. The lowest BCUT2D eigenvalue weighted by atomic mass is 9.43. The maximum atomic E-state index is 12.2.